The van der Waals surface area contributed by atoms with Gasteiger partial charge in [-0.15, -0.1) is 0 Å². The molecular weight excluding hydrogens is 345 g/mol. The van der Waals surface area contributed by atoms with Gasteiger partial charge in [-0.3, -0.25) is 4.79 Å². The number of aryl methyl sites for hydroxylation is 1. The van der Waals surface area contributed by atoms with Gasteiger partial charge < -0.3 is 14.2 Å². The molecule has 0 bridgehead atoms. The minimum atomic E-state index is -0.337. The van der Waals surface area contributed by atoms with Crippen LogP contribution in [0.15, 0.2) is 18.2 Å². The zero-order chi connectivity index (χ0) is 19.0. The van der Waals surface area contributed by atoms with E-state index in [-0.39, 0.29) is 17.8 Å². The number of carbonyl (C=O) groups is 1. The van der Waals surface area contributed by atoms with E-state index in [1.165, 1.54) is 18.9 Å². The van der Waals surface area contributed by atoms with Gasteiger partial charge in [0.15, 0.2) is 0 Å². The molecule has 0 radical (unpaired) electrons. The van der Waals surface area contributed by atoms with Gasteiger partial charge in [0, 0.05) is 18.2 Å². The van der Waals surface area contributed by atoms with E-state index in [9.17, 15) is 9.18 Å². The van der Waals surface area contributed by atoms with Crippen LogP contribution in [-0.4, -0.2) is 33.0 Å². The molecule has 1 amide bonds. The normalized spacial score (nSPS) is 17.0. The summed E-state index contributed by atoms with van der Waals surface area (Å²) in [5.41, 5.74) is 1.83. The summed E-state index contributed by atoms with van der Waals surface area (Å²) < 4.78 is 22.7. The molecule has 4 rings (SSSR count). The van der Waals surface area contributed by atoms with E-state index in [1.807, 2.05) is 17.6 Å². The molecule has 0 saturated heterocycles. The third kappa shape index (κ3) is 3.33. The first-order chi connectivity index (χ1) is 13.1. The number of nitrogens with zero attached hydrogens (tertiary/aromatic N) is 3. The molecular formula is C21H26FN3O2. The predicted molar refractivity (Wildman–Crippen MR) is 101 cm³/mol. The molecule has 1 aromatic heterocycles. The Kier molecular flexibility index (Phi) is 4.89. The number of amides is 1. The summed E-state index contributed by atoms with van der Waals surface area (Å²) >= 11 is 0. The lowest BCUT2D eigenvalue weighted by atomic mass is 10.1. The summed E-state index contributed by atoms with van der Waals surface area (Å²) in [5.74, 6) is 0.571. The maximum Gasteiger partial charge on any atom is 0.291 e. The molecule has 1 aliphatic heterocycles. The van der Waals surface area contributed by atoms with Crippen molar-refractivity contribution < 1.29 is 13.9 Å². The Hall–Kier alpha value is -2.37. The first-order valence-electron chi connectivity index (χ1n) is 9.91. The van der Waals surface area contributed by atoms with Crippen LogP contribution in [0, 0.1) is 12.7 Å². The number of ether oxygens (including phenoxy) is 1. The van der Waals surface area contributed by atoms with Gasteiger partial charge in [0.25, 0.3) is 5.91 Å². The Morgan fingerprint density at radius 2 is 2.07 bits per heavy atom. The van der Waals surface area contributed by atoms with Gasteiger partial charge in [-0.2, -0.15) is 0 Å². The van der Waals surface area contributed by atoms with Crippen LogP contribution in [0.4, 0.5) is 4.39 Å². The van der Waals surface area contributed by atoms with Gasteiger partial charge >= 0.3 is 0 Å². The van der Waals surface area contributed by atoms with Crippen LogP contribution in [-0.2, 0) is 6.67 Å². The van der Waals surface area contributed by atoms with Crippen molar-refractivity contribution in [1.82, 2.24) is 14.5 Å². The summed E-state index contributed by atoms with van der Waals surface area (Å²) in [5, 5.41) is 0. The number of aromatic nitrogens is 2. The summed E-state index contributed by atoms with van der Waals surface area (Å²) in [4.78, 5) is 18.8. The second kappa shape index (κ2) is 7.33. The highest BCUT2D eigenvalue weighted by Crippen LogP contribution is 2.33. The predicted octanol–water partition coefficient (Wildman–Crippen LogP) is 4.53. The summed E-state index contributed by atoms with van der Waals surface area (Å²) in [6.07, 6.45) is 6.59. The van der Waals surface area contributed by atoms with E-state index >= 15 is 0 Å². The SMILES string of the molecule is CCCCN1Cn2c(nc(C)c2-c2ccc(OC3CCCC3)cc2F)C1=O. The molecule has 2 heterocycles. The van der Waals surface area contributed by atoms with Crippen molar-refractivity contribution in [3.8, 4) is 17.0 Å². The van der Waals surface area contributed by atoms with Crippen LogP contribution < -0.4 is 4.74 Å². The summed E-state index contributed by atoms with van der Waals surface area (Å²) in [6.45, 7) is 5.06. The minimum Gasteiger partial charge on any atom is -0.490 e. The number of imidazole rings is 1. The van der Waals surface area contributed by atoms with Crippen LogP contribution in [0.2, 0.25) is 0 Å². The third-order valence-electron chi connectivity index (χ3n) is 5.51. The number of unbranched alkanes of at least 4 members (excludes halogenated alkanes) is 1. The van der Waals surface area contributed by atoms with Crippen molar-refractivity contribution in [3.63, 3.8) is 0 Å². The molecule has 1 fully saturated rings. The lowest BCUT2D eigenvalue weighted by Crippen LogP contribution is -2.26. The Morgan fingerprint density at radius 3 is 2.78 bits per heavy atom. The third-order valence-corrected chi connectivity index (χ3v) is 5.51. The van der Waals surface area contributed by atoms with Crippen LogP contribution in [0.1, 0.15) is 61.8 Å². The van der Waals surface area contributed by atoms with Gasteiger partial charge in [0.2, 0.25) is 5.82 Å². The molecule has 144 valence electrons. The van der Waals surface area contributed by atoms with Crippen LogP contribution in [0.5, 0.6) is 5.75 Å². The zero-order valence-corrected chi connectivity index (χ0v) is 16.0. The monoisotopic (exact) mass is 371 g/mol. The number of rotatable bonds is 6. The molecule has 6 heteroatoms. The van der Waals surface area contributed by atoms with Crippen molar-refractivity contribution >= 4 is 5.91 Å². The van der Waals surface area contributed by atoms with E-state index in [0.29, 0.717) is 41.7 Å². The lowest BCUT2D eigenvalue weighted by Gasteiger charge is -2.16. The maximum atomic E-state index is 14.9. The fraction of sp³-hybridized carbons (Fsp3) is 0.524. The Morgan fingerprint density at radius 1 is 1.30 bits per heavy atom. The lowest BCUT2D eigenvalue weighted by molar-refractivity contribution is 0.0763. The molecule has 27 heavy (non-hydrogen) atoms. The van der Waals surface area contributed by atoms with Gasteiger partial charge in [-0.25, -0.2) is 9.37 Å². The number of fused-ring (bicyclic) bond motifs is 1. The second-order valence-electron chi connectivity index (χ2n) is 7.53. The van der Waals surface area contributed by atoms with Gasteiger partial charge in [0.05, 0.1) is 24.2 Å². The molecule has 0 unspecified atom stereocenters. The van der Waals surface area contributed by atoms with Gasteiger partial charge in [-0.05, 0) is 51.2 Å². The number of hydrogen-bond donors (Lipinski definition) is 0. The average Bonchev–Trinajstić information content (AvgIpc) is 3.33. The van der Waals surface area contributed by atoms with Gasteiger partial charge in [0.1, 0.15) is 11.6 Å². The summed E-state index contributed by atoms with van der Waals surface area (Å²) in [6, 6.07) is 5.02. The zero-order valence-electron chi connectivity index (χ0n) is 16.0. The minimum absolute atomic E-state index is 0.0700. The Balaban J connectivity index is 1.61. The van der Waals surface area contributed by atoms with Crippen molar-refractivity contribution in [2.45, 2.75) is 65.1 Å². The van der Waals surface area contributed by atoms with E-state index in [0.717, 1.165) is 25.7 Å². The highest BCUT2D eigenvalue weighted by atomic mass is 19.1. The highest BCUT2D eigenvalue weighted by Gasteiger charge is 2.33. The highest BCUT2D eigenvalue weighted by molar-refractivity contribution is 5.94. The molecule has 2 aromatic rings. The standard InChI is InChI=1S/C21H26FN3O2/c1-3-4-11-24-13-25-19(14(2)23-20(25)21(24)26)17-10-9-16(12-18(17)22)27-15-7-5-6-8-15/h9-10,12,15H,3-8,11,13H2,1-2H3. The van der Waals surface area contributed by atoms with Crippen LogP contribution in [0.25, 0.3) is 11.3 Å². The smallest absolute Gasteiger partial charge is 0.291 e. The fourth-order valence-electron chi connectivity index (χ4n) is 4.07. The number of benzene rings is 1. The number of carbonyl (C=O) groups excluding carboxylic acids is 1. The number of halogens is 1. The molecule has 1 aliphatic carbocycles. The topological polar surface area (TPSA) is 47.4 Å². The molecule has 0 N–H and O–H groups in total. The van der Waals surface area contributed by atoms with E-state index in [4.69, 9.17) is 4.74 Å². The first-order valence-corrected chi connectivity index (χ1v) is 9.91. The second-order valence-corrected chi connectivity index (χ2v) is 7.53. The molecule has 1 aromatic carbocycles. The number of hydrogen-bond acceptors (Lipinski definition) is 3. The molecule has 1 saturated carbocycles. The maximum absolute atomic E-state index is 14.9. The molecule has 0 spiro atoms. The van der Waals surface area contributed by atoms with Crippen molar-refractivity contribution in [1.29, 1.82) is 0 Å². The van der Waals surface area contributed by atoms with E-state index in [1.54, 1.807) is 11.0 Å². The van der Waals surface area contributed by atoms with Crippen molar-refractivity contribution in [2.24, 2.45) is 0 Å². The Labute approximate surface area is 159 Å². The molecule has 0 atom stereocenters. The quantitative estimate of drug-likeness (QED) is 0.749. The molecule has 5 nitrogen and oxygen atoms in total. The van der Waals surface area contributed by atoms with Crippen LogP contribution in [0.3, 0.4) is 0 Å². The molecule has 2 aliphatic rings. The largest absolute Gasteiger partial charge is 0.490 e. The first kappa shape index (κ1) is 18.0. The van der Waals surface area contributed by atoms with Gasteiger partial charge in [-0.1, -0.05) is 13.3 Å². The van der Waals surface area contributed by atoms with Crippen molar-refractivity contribution in [3.05, 3.63) is 35.5 Å². The van der Waals surface area contributed by atoms with Crippen molar-refractivity contribution in [2.75, 3.05) is 6.54 Å². The van der Waals surface area contributed by atoms with E-state index < -0.39 is 0 Å². The average molecular weight is 371 g/mol. The van der Waals surface area contributed by atoms with Crippen LogP contribution >= 0.6 is 0 Å². The summed E-state index contributed by atoms with van der Waals surface area (Å²) in [7, 11) is 0. The van der Waals surface area contributed by atoms with E-state index in [2.05, 4.69) is 11.9 Å². The Bertz CT molecular complexity index is 855. The fourth-order valence-corrected chi connectivity index (χ4v) is 4.07.